The van der Waals surface area contributed by atoms with Gasteiger partial charge in [-0.2, -0.15) is 0 Å². The van der Waals surface area contributed by atoms with Crippen molar-refractivity contribution in [3.05, 3.63) is 25.3 Å². The van der Waals surface area contributed by atoms with Gasteiger partial charge in [-0.25, -0.2) is 0 Å². The molecule has 0 heterocycles. The Labute approximate surface area is 72.7 Å². The second-order valence-electron chi connectivity index (χ2n) is 1.41. The molecule has 1 atom stereocenters. The summed E-state index contributed by atoms with van der Waals surface area (Å²) >= 11 is 5.87. The van der Waals surface area contributed by atoms with Gasteiger partial charge in [0.2, 0.25) is 0 Å². The normalized spacial score (nSPS) is 12.5. The van der Waals surface area contributed by atoms with Gasteiger partial charge in [0.15, 0.2) is 0 Å². The van der Waals surface area contributed by atoms with Gasteiger partial charge in [-0.1, -0.05) is 23.5 Å². The molecule has 0 amide bonds. The molecule has 0 spiro atoms. The second-order valence-corrected chi connectivity index (χ2v) is 6.40. The van der Waals surface area contributed by atoms with Crippen molar-refractivity contribution in [3.63, 3.8) is 0 Å². The van der Waals surface area contributed by atoms with Crippen LogP contribution in [0.3, 0.4) is 0 Å². The van der Waals surface area contributed by atoms with Crippen molar-refractivity contribution >= 4 is 30.2 Å². The average molecular weight is 194 g/mol. The first-order valence-electron chi connectivity index (χ1n) is 2.78. The van der Waals surface area contributed by atoms with Gasteiger partial charge in [-0.3, -0.25) is 0 Å². The monoisotopic (exact) mass is 194 g/mol. The molecule has 0 fully saturated rings. The summed E-state index contributed by atoms with van der Waals surface area (Å²) < 4.78 is 5.22. The first kappa shape index (κ1) is 10.6. The van der Waals surface area contributed by atoms with Gasteiger partial charge in [0, 0.05) is 5.75 Å². The van der Waals surface area contributed by atoms with Crippen LogP contribution in [0.15, 0.2) is 25.3 Å². The maximum absolute atomic E-state index is 5.22. The van der Waals surface area contributed by atoms with E-state index in [4.69, 9.17) is 4.52 Å². The highest BCUT2D eigenvalue weighted by molar-refractivity contribution is 8.82. The van der Waals surface area contributed by atoms with E-state index in [9.17, 15) is 0 Å². The maximum atomic E-state index is 5.22. The largest absolute Gasteiger partial charge is 0.335 e. The average Bonchev–Trinajstić information content (AvgIpc) is 1.97. The van der Waals surface area contributed by atoms with Crippen molar-refractivity contribution in [3.8, 4) is 0 Å². The number of hydrogen-bond acceptors (Lipinski definition) is 3. The van der Waals surface area contributed by atoms with Crippen molar-refractivity contribution in [1.82, 2.24) is 0 Å². The third-order valence-corrected chi connectivity index (χ3v) is 4.39. The van der Waals surface area contributed by atoms with Gasteiger partial charge >= 0.3 is 0 Å². The summed E-state index contributed by atoms with van der Waals surface area (Å²) in [5, 5.41) is 0. The summed E-state index contributed by atoms with van der Waals surface area (Å²) in [6, 6.07) is 0. The Morgan fingerprint density at radius 2 is 2.20 bits per heavy atom. The Morgan fingerprint density at radius 3 is 2.70 bits per heavy atom. The van der Waals surface area contributed by atoms with Gasteiger partial charge in [-0.15, -0.1) is 25.4 Å². The summed E-state index contributed by atoms with van der Waals surface area (Å²) in [6.45, 7) is 7.09. The maximum Gasteiger partial charge on any atom is 0.149 e. The van der Waals surface area contributed by atoms with Crippen LogP contribution in [0.5, 0.6) is 0 Å². The van der Waals surface area contributed by atoms with Gasteiger partial charge < -0.3 is 4.52 Å². The number of hydrogen-bond donors (Lipinski definition) is 1. The van der Waals surface area contributed by atoms with Gasteiger partial charge in [0.05, 0.1) is 6.61 Å². The molecule has 0 saturated carbocycles. The number of thiol groups is 1. The SMILES string of the molecule is C=CCOP(S)SCC=C. The zero-order valence-electron chi connectivity index (χ0n) is 5.69. The smallest absolute Gasteiger partial charge is 0.149 e. The minimum atomic E-state index is -0.624. The zero-order chi connectivity index (χ0) is 7.82. The molecule has 0 aliphatic carbocycles. The summed E-state index contributed by atoms with van der Waals surface area (Å²) in [4.78, 5) is 0. The lowest BCUT2D eigenvalue weighted by atomic mass is 10.7. The molecule has 10 heavy (non-hydrogen) atoms. The van der Waals surface area contributed by atoms with Crippen LogP contribution in [0.2, 0.25) is 0 Å². The summed E-state index contributed by atoms with van der Waals surface area (Å²) in [5.74, 6) is 0.895. The van der Waals surface area contributed by atoms with E-state index in [1.807, 2.05) is 6.08 Å². The van der Waals surface area contributed by atoms with Crippen LogP contribution in [0.4, 0.5) is 0 Å². The van der Waals surface area contributed by atoms with E-state index in [1.54, 1.807) is 17.5 Å². The molecule has 1 nitrogen and oxygen atoms in total. The molecule has 58 valence electrons. The van der Waals surface area contributed by atoms with Crippen molar-refractivity contribution in [2.75, 3.05) is 12.4 Å². The minimum absolute atomic E-state index is 0.583. The van der Waals surface area contributed by atoms with E-state index in [2.05, 4.69) is 25.4 Å². The molecule has 0 aliphatic rings. The fraction of sp³-hybridized carbons (Fsp3) is 0.333. The van der Waals surface area contributed by atoms with Crippen molar-refractivity contribution in [2.45, 2.75) is 0 Å². The number of rotatable bonds is 6. The Hall–Kier alpha value is 0.570. The van der Waals surface area contributed by atoms with Gasteiger partial charge in [-0.05, 0) is 0 Å². The van der Waals surface area contributed by atoms with Crippen LogP contribution in [-0.2, 0) is 4.52 Å². The van der Waals surface area contributed by atoms with E-state index in [-0.39, 0.29) is 0 Å². The van der Waals surface area contributed by atoms with E-state index in [0.717, 1.165) is 5.75 Å². The van der Waals surface area contributed by atoms with Crippen LogP contribution < -0.4 is 0 Å². The lowest BCUT2D eigenvalue weighted by Gasteiger charge is -2.06. The van der Waals surface area contributed by atoms with Gasteiger partial charge in [0.25, 0.3) is 0 Å². The highest BCUT2D eigenvalue weighted by Crippen LogP contribution is 2.54. The topological polar surface area (TPSA) is 9.23 Å². The molecule has 0 radical (unpaired) electrons. The molecule has 0 aromatic carbocycles. The Morgan fingerprint density at radius 1 is 1.50 bits per heavy atom. The summed E-state index contributed by atoms with van der Waals surface area (Å²) in [5.41, 5.74) is 0. The third kappa shape index (κ3) is 6.69. The third-order valence-electron chi connectivity index (χ3n) is 0.606. The van der Waals surface area contributed by atoms with E-state index in [0.29, 0.717) is 6.61 Å². The fourth-order valence-electron chi connectivity index (χ4n) is 0.270. The summed E-state index contributed by atoms with van der Waals surface area (Å²) in [6.07, 6.45) is 3.56. The molecule has 1 unspecified atom stereocenters. The molecule has 0 saturated heterocycles. The minimum Gasteiger partial charge on any atom is -0.335 e. The van der Waals surface area contributed by atoms with E-state index in [1.165, 1.54) is 0 Å². The molecular weight excluding hydrogens is 183 g/mol. The van der Waals surface area contributed by atoms with Crippen molar-refractivity contribution in [2.24, 2.45) is 0 Å². The second kappa shape index (κ2) is 7.67. The van der Waals surface area contributed by atoms with Crippen LogP contribution in [0.25, 0.3) is 0 Å². The first-order valence-corrected chi connectivity index (χ1v) is 6.78. The zero-order valence-corrected chi connectivity index (χ0v) is 8.30. The molecule has 0 bridgehead atoms. The highest BCUT2D eigenvalue weighted by Gasteiger charge is 1.99. The lowest BCUT2D eigenvalue weighted by Crippen LogP contribution is -1.77. The lowest BCUT2D eigenvalue weighted by molar-refractivity contribution is 0.422. The molecule has 4 heteroatoms. The Bertz CT molecular complexity index is 95.9. The van der Waals surface area contributed by atoms with Crippen LogP contribution in [0, 0.1) is 0 Å². The van der Waals surface area contributed by atoms with Crippen LogP contribution in [0.1, 0.15) is 0 Å². The molecule has 0 N–H and O–H groups in total. The highest BCUT2D eigenvalue weighted by atomic mass is 33.1. The fourth-order valence-corrected chi connectivity index (χ4v) is 2.72. The van der Waals surface area contributed by atoms with Crippen LogP contribution >= 0.6 is 30.2 Å². The Balaban J connectivity index is 3.15. The van der Waals surface area contributed by atoms with Crippen molar-refractivity contribution < 1.29 is 4.52 Å². The molecular formula is C6H11OPS2. The van der Waals surface area contributed by atoms with Gasteiger partial charge in [0.1, 0.15) is 6.55 Å². The first-order chi connectivity index (χ1) is 4.81. The van der Waals surface area contributed by atoms with E-state index < -0.39 is 6.55 Å². The standard InChI is InChI=1S/C6H11OPS2/c1-3-5-7-8(9)10-6-4-2/h3-4,9H,1-2,5-6H2. The predicted molar refractivity (Wildman–Crippen MR) is 54.7 cm³/mol. The van der Waals surface area contributed by atoms with Crippen molar-refractivity contribution in [1.29, 1.82) is 0 Å². The van der Waals surface area contributed by atoms with Crippen LogP contribution in [-0.4, -0.2) is 12.4 Å². The van der Waals surface area contributed by atoms with E-state index >= 15 is 0 Å². The predicted octanol–water partition coefficient (Wildman–Crippen LogP) is 3.26. The molecule has 0 aliphatic heterocycles. The molecule has 0 aromatic rings. The molecule has 0 aromatic heterocycles. The Kier molecular flexibility index (Phi) is 8.11. The summed E-state index contributed by atoms with van der Waals surface area (Å²) in [7, 11) is 0. The quantitative estimate of drug-likeness (QED) is 0.395. The molecule has 0 rings (SSSR count).